The van der Waals surface area contributed by atoms with E-state index in [4.69, 9.17) is 0 Å². The summed E-state index contributed by atoms with van der Waals surface area (Å²) < 4.78 is 0. The van der Waals surface area contributed by atoms with Crippen molar-refractivity contribution in [2.75, 3.05) is 18.4 Å². The summed E-state index contributed by atoms with van der Waals surface area (Å²) in [5.41, 5.74) is 1.35. The van der Waals surface area contributed by atoms with Gasteiger partial charge in [-0.1, -0.05) is 6.07 Å². The maximum Gasteiger partial charge on any atom is 0.229 e. The number of nitrogens with one attached hydrogen (secondary N) is 1. The molecule has 0 unspecified atom stereocenters. The Bertz CT molecular complexity index is 528. The quantitative estimate of drug-likeness (QED) is 0.810. The first-order valence-electron chi connectivity index (χ1n) is 6.83. The minimum Gasteiger partial charge on any atom is -0.506 e. The average molecular weight is 276 g/mol. The number of carbonyl (C=O) groups excluding carboxylic acids is 2. The number of nitrogens with zero attached hydrogens (tertiary/aromatic N) is 1. The van der Waals surface area contributed by atoms with Crippen molar-refractivity contribution in [3.05, 3.63) is 23.8 Å². The number of phenols is 1. The third-order valence-corrected chi connectivity index (χ3v) is 3.65. The number of hydrogen-bond donors (Lipinski definition) is 2. The molecule has 1 fully saturated rings. The number of likely N-dealkylation sites (tertiary alicyclic amines) is 1. The predicted molar refractivity (Wildman–Crippen MR) is 76.5 cm³/mol. The van der Waals surface area contributed by atoms with Crippen LogP contribution in [0.4, 0.5) is 5.69 Å². The van der Waals surface area contributed by atoms with E-state index >= 15 is 0 Å². The van der Waals surface area contributed by atoms with Crippen molar-refractivity contribution < 1.29 is 14.7 Å². The van der Waals surface area contributed by atoms with Gasteiger partial charge in [0.1, 0.15) is 5.75 Å². The lowest BCUT2D eigenvalue weighted by Crippen LogP contribution is -2.42. The van der Waals surface area contributed by atoms with E-state index in [1.54, 1.807) is 17.0 Å². The van der Waals surface area contributed by atoms with Crippen LogP contribution in [0, 0.1) is 12.8 Å². The smallest absolute Gasteiger partial charge is 0.229 e. The van der Waals surface area contributed by atoms with Crippen LogP contribution in [0.5, 0.6) is 5.75 Å². The molecule has 1 heterocycles. The molecule has 1 aromatic rings. The average Bonchev–Trinajstić information content (AvgIpc) is 2.42. The summed E-state index contributed by atoms with van der Waals surface area (Å²) >= 11 is 0. The lowest BCUT2D eigenvalue weighted by Gasteiger charge is -2.31. The van der Waals surface area contributed by atoms with Crippen LogP contribution >= 0.6 is 0 Å². The summed E-state index contributed by atoms with van der Waals surface area (Å²) in [5, 5.41) is 12.5. The molecule has 20 heavy (non-hydrogen) atoms. The molecule has 5 nitrogen and oxygen atoms in total. The Morgan fingerprint density at radius 3 is 2.80 bits per heavy atom. The first-order chi connectivity index (χ1) is 9.47. The molecule has 0 aliphatic carbocycles. The van der Waals surface area contributed by atoms with E-state index in [2.05, 4.69) is 5.32 Å². The fourth-order valence-electron chi connectivity index (χ4n) is 2.46. The van der Waals surface area contributed by atoms with Crippen LogP contribution in [0.15, 0.2) is 18.2 Å². The van der Waals surface area contributed by atoms with E-state index in [9.17, 15) is 14.7 Å². The second-order valence-electron chi connectivity index (χ2n) is 5.31. The molecule has 0 radical (unpaired) electrons. The molecule has 5 heteroatoms. The fraction of sp³-hybridized carbons (Fsp3) is 0.467. The highest BCUT2D eigenvalue weighted by molar-refractivity contribution is 5.94. The van der Waals surface area contributed by atoms with E-state index in [-0.39, 0.29) is 23.5 Å². The minimum absolute atomic E-state index is 0.000633. The van der Waals surface area contributed by atoms with Crippen LogP contribution in [0.3, 0.4) is 0 Å². The Labute approximate surface area is 118 Å². The highest BCUT2D eigenvalue weighted by Crippen LogP contribution is 2.26. The molecule has 1 atom stereocenters. The standard InChI is InChI=1S/C15H20N2O3/c1-10-5-6-13(14(19)8-10)16-15(20)12-4-3-7-17(9-12)11(2)18/h5-6,8,12,19H,3-4,7,9H2,1-2H3,(H,16,20)/t12-/m0/s1. The lowest BCUT2D eigenvalue weighted by atomic mass is 9.97. The van der Waals surface area contributed by atoms with E-state index in [1.807, 2.05) is 13.0 Å². The maximum absolute atomic E-state index is 12.2. The van der Waals surface area contributed by atoms with Gasteiger partial charge in [0.2, 0.25) is 11.8 Å². The number of carbonyl (C=O) groups is 2. The second-order valence-corrected chi connectivity index (χ2v) is 5.31. The fourth-order valence-corrected chi connectivity index (χ4v) is 2.46. The van der Waals surface area contributed by atoms with Crippen LogP contribution in [-0.2, 0) is 9.59 Å². The van der Waals surface area contributed by atoms with Crippen LogP contribution in [0.1, 0.15) is 25.3 Å². The summed E-state index contributed by atoms with van der Waals surface area (Å²) in [5.74, 6) is -0.290. The molecule has 0 spiro atoms. The maximum atomic E-state index is 12.2. The van der Waals surface area contributed by atoms with Gasteiger partial charge in [0.25, 0.3) is 0 Å². The van der Waals surface area contributed by atoms with Crippen LogP contribution in [-0.4, -0.2) is 34.9 Å². The second kappa shape index (κ2) is 5.94. The number of amides is 2. The largest absolute Gasteiger partial charge is 0.506 e. The van der Waals surface area contributed by atoms with Crippen molar-refractivity contribution in [3.63, 3.8) is 0 Å². The van der Waals surface area contributed by atoms with Crippen molar-refractivity contribution in [1.82, 2.24) is 4.90 Å². The molecule has 0 saturated carbocycles. The Morgan fingerprint density at radius 1 is 1.40 bits per heavy atom. The Balaban J connectivity index is 2.02. The number of anilines is 1. The first kappa shape index (κ1) is 14.4. The molecule has 1 aliphatic heterocycles. The van der Waals surface area contributed by atoms with Crippen molar-refractivity contribution in [1.29, 1.82) is 0 Å². The normalized spacial score (nSPS) is 18.7. The predicted octanol–water partition coefficient (Wildman–Crippen LogP) is 1.90. The summed E-state index contributed by atoms with van der Waals surface area (Å²) in [7, 11) is 0. The number of aryl methyl sites for hydroxylation is 1. The molecular formula is C15H20N2O3. The number of rotatable bonds is 2. The zero-order chi connectivity index (χ0) is 14.7. The Morgan fingerprint density at radius 2 is 2.15 bits per heavy atom. The van der Waals surface area contributed by atoms with Crippen LogP contribution in [0.25, 0.3) is 0 Å². The monoisotopic (exact) mass is 276 g/mol. The molecule has 0 bridgehead atoms. The SMILES string of the molecule is CC(=O)N1CCC[C@H](C(=O)Nc2ccc(C)cc2O)C1. The number of benzene rings is 1. The van der Waals surface area contributed by atoms with Gasteiger partial charge >= 0.3 is 0 Å². The molecular weight excluding hydrogens is 256 g/mol. The van der Waals surface area contributed by atoms with Gasteiger partial charge in [0.15, 0.2) is 0 Å². The Kier molecular flexibility index (Phi) is 4.27. The van der Waals surface area contributed by atoms with Crippen LogP contribution < -0.4 is 5.32 Å². The molecule has 2 N–H and O–H groups in total. The van der Waals surface area contributed by atoms with Crippen LogP contribution in [0.2, 0.25) is 0 Å². The van der Waals surface area contributed by atoms with E-state index in [0.717, 1.165) is 24.9 Å². The minimum atomic E-state index is -0.214. The van der Waals surface area contributed by atoms with Gasteiger partial charge in [-0.15, -0.1) is 0 Å². The molecule has 108 valence electrons. The molecule has 1 aliphatic rings. The topological polar surface area (TPSA) is 69.6 Å². The van der Waals surface area contributed by atoms with E-state index < -0.39 is 0 Å². The summed E-state index contributed by atoms with van der Waals surface area (Å²) in [6.07, 6.45) is 1.60. The highest BCUT2D eigenvalue weighted by atomic mass is 16.3. The molecule has 0 aromatic heterocycles. The van der Waals surface area contributed by atoms with Gasteiger partial charge in [0.05, 0.1) is 11.6 Å². The zero-order valence-corrected chi connectivity index (χ0v) is 11.8. The van der Waals surface area contributed by atoms with Gasteiger partial charge in [-0.3, -0.25) is 9.59 Å². The third kappa shape index (κ3) is 3.29. The van der Waals surface area contributed by atoms with Gasteiger partial charge < -0.3 is 15.3 Å². The van der Waals surface area contributed by atoms with E-state index in [0.29, 0.717) is 12.2 Å². The van der Waals surface area contributed by atoms with Crippen molar-refractivity contribution >= 4 is 17.5 Å². The van der Waals surface area contributed by atoms with Gasteiger partial charge in [-0.2, -0.15) is 0 Å². The van der Waals surface area contributed by atoms with Gasteiger partial charge in [-0.25, -0.2) is 0 Å². The Hall–Kier alpha value is -2.04. The van der Waals surface area contributed by atoms with Crippen molar-refractivity contribution in [2.24, 2.45) is 5.92 Å². The molecule has 2 rings (SSSR count). The lowest BCUT2D eigenvalue weighted by molar-refractivity contribution is -0.132. The zero-order valence-electron chi connectivity index (χ0n) is 11.8. The summed E-state index contributed by atoms with van der Waals surface area (Å²) in [6.45, 7) is 4.56. The molecule has 1 aromatic carbocycles. The molecule has 1 saturated heterocycles. The van der Waals surface area contributed by atoms with E-state index in [1.165, 1.54) is 6.92 Å². The number of piperidine rings is 1. The summed E-state index contributed by atoms with van der Waals surface area (Å²) in [4.78, 5) is 25.3. The highest BCUT2D eigenvalue weighted by Gasteiger charge is 2.27. The number of hydrogen-bond acceptors (Lipinski definition) is 3. The first-order valence-corrected chi connectivity index (χ1v) is 6.83. The third-order valence-electron chi connectivity index (χ3n) is 3.65. The van der Waals surface area contributed by atoms with Crippen molar-refractivity contribution in [3.8, 4) is 5.75 Å². The van der Waals surface area contributed by atoms with Gasteiger partial charge in [0, 0.05) is 20.0 Å². The molecule has 2 amide bonds. The van der Waals surface area contributed by atoms with Crippen molar-refractivity contribution in [2.45, 2.75) is 26.7 Å². The number of aromatic hydroxyl groups is 1. The van der Waals surface area contributed by atoms with Gasteiger partial charge in [-0.05, 0) is 37.5 Å². The summed E-state index contributed by atoms with van der Waals surface area (Å²) in [6, 6.07) is 5.13. The number of phenolic OH excluding ortho intramolecular Hbond substituents is 1.